The topological polar surface area (TPSA) is 86.7 Å². The molecule has 0 aliphatic heterocycles. The number of hydrogen-bond acceptors (Lipinski definition) is 3. The average Bonchev–Trinajstić information content (AvgIpc) is 2.01. The first-order valence-corrected chi connectivity index (χ1v) is 5.64. The van der Waals surface area contributed by atoms with Crippen molar-refractivity contribution >= 4 is 16.2 Å². The van der Waals surface area contributed by atoms with Gasteiger partial charge in [-0.1, -0.05) is 13.8 Å². The molecule has 0 unspecified atom stereocenters. The summed E-state index contributed by atoms with van der Waals surface area (Å²) in [5.41, 5.74) is 0. The lowest BCUT2D eigenvalue weighted by Crippen LogP contribution is -2.43. The maximum absolute atomic E-state index is 11.3. The third kappa shape index (κ3) is 4.54. The summed E-state index contributed by atoms with van der Waals surface area (Å²) in [7, 11) is -2.39. The van der Waals surface area contributed by atoms with E-state index in [0.29, 0.717) is 0 Å². The Hall–Kier alpha value is -0.660. The van der Waals surface area contributed by atoms with Gasteiger partial charge in [-0.05, 0) is 5.92 Å². The molecule has 7 heteroatoms. The zero-order valence-corrected chi connectivity index (χ0v) is 9.34. The molecule has 0 bridgehead atoms. The van der Waals surface area contributed by atoms with Crippen LogP contribution in [0.2, 0.25) is 0 Å². The largest absolute Gasteiger partial charge is 0.480 e. The SMILES string of the molecule is CNS(=O)(=O)N(CC(=O)O)CC(C)C. The molecular formula is C7H16N2O4S. The molecule has 84 valence electrons. The number of nitrogens with one attached hydrogen (secondary N) is 1. The maximum Gasteiger partial charge on any atom is 0.318 e. The Morgan fingerprint density at radius 2 is 2.00 bits per heavy atom. The summed E-state index contributed by atoms with van der Waals surface area (Å²) in [6, 6.07) is 0. The van der Waals surface area contributed by atoms with E-state index in [1.807, 2.05) is 13.8 Å². The van der Waals surface area contributed by atoms with Crippen LogP contribution in [0.5, 0.6) is 0 Å². The fourth-order valence-electron chi connectivity index (χ4n) is 0.935. The lowest BCUT2D eigenvalue weighted by Gasteiger charge is -2.21. The molecule has 0 aromatic rings. The first-order chi connectivity index (χ1) is 6.29. The number of nitrogens with zero attached hydrogens (tertiary/aromatic N) is 1. The van der Waals surface area contributed by atoms with E-state index >= 15 is 0 Å². The number of carboxylic acid groups (broad SMARTS) is 1. The molecule has 0 spiro atoms. The third-order valence-electron chi connectivity index (χ3n) is 1.48. The van der Waals surface area contributed by atoms with Gasteiger partial charge in [-0.15, -0.1) is 0 Å². The van der Waals surface area contributed by atoms with Crippen molar-refractivity contribution in [3.63, 3.8) is 0 Å². The fraction of sp³-hybridized carbons (Fsp3) is 0.857. The predicted molar refractivity (Wildman–Crippen MR) is 52.0 cm³/mol. The van der Waals surface area contributed by atoms with E-state index in [-0.39, 0.29) is 12.5 Å². The van der Waals surface area contributed by atoms with Crippen LogP contribution >= 0.6 is 0 Å². The van der Waals surface area contributed by atoms with Gasteiger partial charge in [0.1, 0.15) is 6.54 Å². The molecule has 0 saturated heterocycles. The van der Waals surface area contributed by atoms with E-state index < -0.39 is 22.7 Å². The van der Waals surface area contributed by atoms with Crippen LogP contribution < -0.4 is 4.72 Å². The molecule has 0 saturated carbocycles. The summed E-state index contributed by atoms with van der Waals surface area (Å²) in [6.45, 7) is 3.32. The summed E-state index contributed by atoms with van der Waals surface area (Å²) in [6.07, 6.45) is 0. The summed E-state index contributed by atoms with van der Waals surface area (Å²) in [5.74, 6) is -1.08. The lowest BCUT2D eigenvalue weighted by atomic mass is 10.2. The lowest BCUT2D eigenvalue weighted by molar-refractivity contribution is -0.137. The Morgan fingerprint density at radius 3 is 2.29 bits per heavy atom. The number of rotatable bonds is 6. The monoisotopic (exact) mass is 224 g/mol. The first kappa shape index (κ1) is 13.3. The van der Waals surface area contributed by atoms with Crippen molar-refractivity contribution in [3.05, 3.63) is 0 Å². The van der Waals surface area contributed by atoms with Gasteiger partial charge in [0.2, 0.25) is 0 Å². The maximum atomic E-state index is 11.3. The standard InChI is InChI=1S/C7H16N2O4S/c1-6(2)4-9(5-7(10)11)14(12,13)8-3/h6,8H,4-5H2,1-3H3,(H,10,11). The quantitative estimate of drug-likeness (QED) is 0.636. The third-order valence-corrected chi connectivity index (χ3v) is 2.95. The van der Waals surface area contributed by atoms with E-state index in [0.717, 1.165) is 4.31 Å². The molecule has 0 amide bonds. The Morgan fingerprint density at radius 1 is 1.50 bits per heavy atom. The van der Waals surface area contributed by atoms with E-state index in [9.17, 15) is 13.2 Å². The van der Waals surface area contributed by atoms with Gasteiger partial charge in [-0.2, -0.15) is 12.7 Å². The zero-order valence-electron chi connectivity index (χ0n) is 8.52. The highest BCUT2D eigenvalue weighted by Gasteiger charge is 2.23. The number of carboxylic acids is 1. The van der Waals surface area contributed by atoms with Crippen LogP contribution in [-0.2, 0) is 15.0 Å². The minimum atomic E-state index is -3.65. The molecule has 0 fully saturated rings. The molecule has 6 nitrogen and oxygen atoms in total. The Bertz CT molecular complexity index is 286. The van der Waals surface area contributed by atoms with Crippen molar-refractivity contribution in [2.24, 2.45) is 5.92 Å². The second kappa shape index (κ2) is 5.28. The molecule has 0 radical (unpaired) electrons. The van der Waals surface area contributed by atoms with E-state index in [1.165, 1.54) is 7.05 Å². The van der Waals surface area contributed by atoms with Crippen molar-refractivity contribution in [2.75, 3.05) is 20.1 Å². The van der Waals surface area contributed by atoms with Gasteiger partial charge in [0.15, 0.2) is 0 Å². The molecule has 2 N–H and O–H groups in total. The summed E-state index contributed by atoms with van der Waals surface area (Å²) < 4.78 is 25.6. The van der Waals surface area contributed by atoms with Crippen LogP contribution in [0.4, 0.5) is 0 Å². The van der Waals surface area contributed by atoms with Gasteiger partial charge in [-0.25, -0.2) is 4.72 Å². The van der Waals surface area contributed by atoms with Gasteiger partial charge in [0.05, 0.1) is 0 Å². The number of hydrogen-bond donors (Lipinski definition) is 2. The molecule has 0 aromatic heterocycles. The highest BCUT2D eigenvalue weighted by Crippen LogP contribution is 2.03. The second-order valence-corrected chi connectivity index (χ2v) is 5.16. The van der Waals surface area contributed by atoms with Gasteiger partial charge >= 0.3 is 5.97 Å². The van der Waals surface area contributed by atoms with Crippen LogP contribution in [0.1, 0.15) is 13.8 Å². The minimum Gasteiger partial charge on any atom is -0.480 e. The van der Waals surface area contributed by atoms with E-state index in [1.54, 1.807) is 0 Å². The van der Waals surface area contributed by atoms with E-state index in [2.05, 4.69) is 4.72 Å². The molecule has 0 aliphatic rings. The highest BCUT2D eigenvalue weighted by molar-refractivity contribution is 7.87. The summed E-state index contributed by atoms with van der Waals surface area (Å²) >= 11 is 0. The first-order valence-electron chi connectivity index (χ1n) is 4.20. The van der Waals surface area contributed by atoms with Gasteiger partial charge < -0.3 is 5.11 Å². The van der Waals surface area contributed by atoms with Gasteiger partial charge in [-0.3, -0.25) is 4.79 Å². The van der Waals surface area contributed by atoms with Crippen LogP contribution in [0.25, 0.3) is 0 Å². The van der Waals surface area contributed by atoms with Crippen molar-refractivity contribution in [1.82, 2.24) is 9.03 Å². The fourth-order valence-corrected chi connectivity index (χ4v) is 1.97. The average molecular weight is 224 g/mol. The molecule has 0 aliphatic carbocycles. The van der Waals surface area contributed by atoms with Gasteiger partial charge in [0, 0.05) is 13.6 Å². The molecule has 0 aromatic carbocycles. The van der Waals surface area contributed by atoms with Gasteiger partial charge in [0.25, 0.3) is 10.2 Å². The highest BCUT2D eigenvalue weighted by atomic mass is 32.2. The molecule has 0 atom stereocenters. The second-order valence-electron chi connectivity index (χ2n) is 3.29. The summed E-state index contributed by atoms with van der Waals surface area (Å²) in [5, 5.41) is 8.52. The molecular weight excluding hydrogens is 208 g/mol. The Balaban J connectivity index is 4.64. The molecule has 0 rings (SSSR count). The van der Waals surface area contributed by atoms with E-state index in [4.69, 9.17) is 5.11 Å². The van der Waals surface area contributed by atoms with Crippen molar-refractivity contribution in [2.45, 2.75) is 13.8 Å². The van der Waals surface area contributed by atoms with Crippen molar-refractivity contribution in [3.8, 4) is 0 Å². The zero-order chi connectivity index (χ0) is 11.4. The predicted octanol–water partition coefficient (Wildman–Crippen LogP) is -0.507. The van der Waals surface area contributed by atoms with Crippen LogP contribution in [0, 0.1) is 5.92 Å². The number of carbonyl (C=O) groups is 1. The summed E-state index contributed by atoms with van der Waals surface area (Å²) in [4.78, 5) is 10.4. The Labute approximate surface area is 84.1 Å². The smallest absolute Gasteiger partial charge is 0.318 e. The molecule has 0 heterocycles. The van der Waals surface area contributed by atoms with Crippen LogP contribution in [0.3, 0.4) is 0 Å². The van der Waals surface area contributed by atoms with Crippen LogP contribution in [0.15, 0.2) is 0 Å². The van der Waals surface area contributed by atoms with Crippen molar-refractivity contribution < 1.29 is 18.3 Å². The van der Waals surface area contributed by atoms with Crippen LogP contribution in [-0.4, -0.2) is 43.9 Å². The number of aliphatic carboxylic acids is 1. The Kier molecular flexibility index (Phi) is 5.03. The molecule has 14 heavy (non-hydrogen) atoms. The van der Waals surface area contributed by atoms with Crippen molar-refractivity contribution in [1.29, 1.82) is 0 Å². The normalized spacial score (nSPS) is 12.4. The minimum absolute atomic E-state index is 0.0810.